The molecule has 4 nitrogen and oxygen atoms in total. The summed E-state index contributed by atoms with van der Waals surface area (Å²) in [5, 5.41) is 11.0. The first-order chi connectivity index (χ1) is 14.9. The fraction of sp³-hybridized carbons (Fsp3) is 0.435. The summed E-state index contributed by atoms with van der Waals surface area (Å²) in [5.74, 6) is -0.684. The van der Waals surface area contributed by atoms with Gasteiger partial charge in [-0.15, -0.1) is 0 Å². The van der Waals surface area contributed by atoms with Crippen LogP contribution in [0.3, 0.4) is 0 Å². The molecule has 3 rings (SSSR count). The summed E-state index contributed by atoms with van der Waals surface area (Å²) in [6.45, 7) is 2.33. The van der Waals surface area contributed by atoms with E-state index in [1.54, 1.807) is 24.3 Å². The summed E-state index contributed by atoms with van der Waals surface area (Å²) >= 11 is 5.64. The topological polar surface area (TPSA) is 45.1 Å². The third-order valence-electron chi connectivity index (χ3n) is 5.96. The smallest absolute Gasteiger partial charge is 0.418 e. The molecule has 0 bridgehead atoms. The third kappa shape index (κ3) is 4.71. The van der Waals surface area contributed by atoms with E-state index in [1.807, 2.05) is 0 Å². The largest absolute Gasteiger partial charge is 0.496 e. The highest BCUT2D eigenvalue weighted by Crippen LogP contribution is 2.45. The van der Waals surface area contributed by atoms with Gasteiger partial charge < -0.3 is 14.7 Å². The van der Waals surface area contributed by atoms with Crippen molar-refractivity contribution in [3.05, 3.63) is 66.2 Å². The van der Waals surface area contributed by atoms with E-state index in [9.17, 15) is 22.7 Å². The molecule has 3 atom stereocenters. The van der Waals surface area contributed by atoms with Crippen molar-refractivity contribution in [2.75, 3.05) is 13.7 Å². The summed E-state index contributed by atoms with van der Waals surface area (Å²) in [6, 6.07) is 3.20. The van der Waals surface area contributed by atoms with Crippen LogP contribution in [0.5, 0.6) is 5.75 Å². The van der Waals surface area contributed by atoms with Crippen LogP contribution in [0, 0.1) is 11.7 Å². The van der Waals surface area contributed by atoms with Gasteiger partial charge in [0.25, 0.3) is 0 Å². The Morgan fingerprint density at radius 1 is 1.19 bits per heavy atom. The van der Waals surface area contributed by atoms with E-state index in [0.717, 1.165) is 6.07 Å². The lowest BCUT2D eigenvalue weighted by atomic mass is 9.74. The second kappa shape index (κ2) is 8.90. The van der Waals surface area contributed by atoms with Crippen molar-refractivity contribution in [3.63, 3.8) is 0 Å². The van der Waals surface area contributed by atoms with Gasteiger partial charge in [-0.1, -0.05) is 38.2 Å². The molecular formula is C23H25ClF4N2O2. The van der Waals surface area contributed by atoms with Crippen molar-refractivity contribution in [3.8, 4) is 5.75 Å². The number of benzene rings is 1. The Labute approximate surface area is 189 Å². The van der Waals surface area contributed by atoms with Gasteiger partial charge in [0.15, 0.2) is 5.60 Å². The van der Waals surface area contributed by atoms with E-state index in [4.69, 9.17) is 16.5 Å². The van der Waals surface area contributed by atoms with Crippen molar-refractivity contribution in [2.45, 2.75) is 43.5 Å². The van der Waals surface area contributed by atoms with Crippen molar-refractivity contribution in [2.24, 2.45) is 10.4 Å². The summed E-state index contributed by atoms with van der Waals surface area (Å²) in [7, 11) is 1.36. The molecular weight excluding hydrogens is 448 g/mol. The third-order valence-corrected chi connectivity index (χ3v) is 6.16. The zero-order chi connectivity index (χ0) is 23.7. The van der Waals surface area contributed by atoms with Crippen LogP contribution in [0.2, 0.25) is 0 Å². The van der Waals surface area contributed by atoms with Crippen LogP contribution in [0.1, 0.15) is 25.8 Å². The monoisotopic (exact) mass is 472 g/mol. The minimum absolute atomic E-state index is 0.242. The van der Waals surface area contributed by atoms with Gasteiger partial charge in [-0.2, -0.15) is 17.7 Å². The van der Waals surface area contributed by atoms with Gasteiger partial charge in [-0.05, 0) is 36.1 Å². The van der Waals surface area contributed by atoms with Gasteiger partial charge in [0.05, 0.1) is 25.4 Å². The van der Waals surface area contributed by atoms with Crippen LogP contribution in [-0.4, -0.2) is 47.2 Å². The van der Waals surface area contributed by atoms with E-state index in [1.165, 1.54) is 50.3 Å². The lowest BCUT2D eigenvalue weighted by Crippen LogP contribution is -2.58. The Kier molecular flexibility index (Phi) is 6.77. The number of aliphatic hydroxyl groups is 1. The van der Waals surface area contributed by atoms with Crippen molar-refractivity contribution >= 4 is 17.5 Å². The molecule has 0 fully saturated rings. The highest BCUT2D eigenvalue weighted by molar-refractivity contribution is 6.22. The van der Waals surface area contributed by atoms with E-state index in [2.05, 4.69) is 4.51 Å². The van der Waals surface area contributed by atoms with Gasteiger partial charge in [0.2, 0.25) is 0 Å². The Bertz CT molecular complexity index is 971. The molecule has 1 aromatic carbocycles. The number of alkyl halides is 3. The first-order valence-electron chi connectivity index (χ1n) is 10.0. The van der Waals surface area contributed by atoms with Crippen LogP contribution in [0.25, 0.3) is 0 Å². The molecule has 0 radical (unpaired) electrons. The highest BCUT2D eigenvalue weighted by Gasteiger charge is 2.57. The molecule has 1 aliphatic heterocycles. The average Bonchev–Trinajstić information content (AvgIpc) is 2.73. The Hall–Kier alpha value is -2.32. The van der Waals surface area contributed by atoms with Gasteiger partial charge in [-0.3, -0.25) is 0 Å². The standard InChI is InChI=1S/C23H25ClF4N2O2/c1-21(2,17-12-15(25)8-9-20(17)32-3)13-22(31,23(26,27)28)14-30-11-10-18(29-24)16-6-4-5-7-19(16)30/h4-12,16,19,31H,13-14H2,1-3H3. The van der Waals surface area contributed by atoms with Gasteiger partial charge >= 0.3 is 6.18 Å². The first-order valence-corrected chi connectivity index (χ1v) is 10.4. The normalized spacial score (nSPS) is 23.9. The fourth-order valence-corrected chi connectivity index (χ4v) is 4.56. The minimum atomic E-state index is -4.94. The Morgan fingerprint density at radius 3 is 2.50 bits per heavy atom. The molecule has 1 aromatic rings. The maximum atomic E-state index is 14.3. The maximum Gasteiger partial charge on any atom is 0.418 e. The lowest BCUT2D eigenvalue weighted by Gasteiger charge is -2.45. The number of β-amino-alcohol motifs (C(OH)–C–C–N with tert-alkyl or cyclic N) is 1. The predicted molar refractivity (Wildman–Crippen MR) is 116 cm³/mol. The van der Waals surface area contributed by atoms with E-state index < -0.39 is 42.0 Å². The quantitative estimate of drug-likeness (QED) is 0.569. The van der Waals surface area contributed by atoms with Crippen LogP contribution >= 0.6 is 11.8 Å². The molecule has 3 unspecified atom stereocenters. The summed E-state index contributed by atoms with van der Waals surface area (Å²) in [6.07, 6.45) is 4.39. The maximum absolute atomic E-state index is 14.3. The molecule has 0 spiro atoms. The summed E-state index contributed by atoms with van der Waals surface area (Å²) < 4.78 is 65.6. The zero-order valence-electron chi connectivity index (χ0n) is 17.9. The lowest BCUT2D eigenvalue weighted by molar-refractivity contribution is -0.270. The molecule has 1 aliphatic carbocycles. The Balaban J connectivity index is 1.97. The number of hydrogen-bond donors (Lipinski definition) is 1. The number of nitrogens with zero attached hydrogens (tertiary/aromatic N) is 2. The summed E-state index contributed by atoms with van der Waals surface area (Å²) in [4.78, 5) is 1.43. The van der Waals surface area contributed by atoms with Crippen LogP contribution < -0.4 is 4.74 Å². The number of allylic oxidation sites excluding steroid dienone is 3. The number of fused-ring (bicyclic) bond motifs is 1. The predicted octanol–water partition coefficient (Wildman–Crippen LogP) is 5.33. The molecule has 0 saturated heterocycles. The summed E-state index contributed by atoms with van der Waals surface area (Å²) in [5.41, 5.74) is -3.59. The molecule has 1 heterocycles. The number of halogens is 5. The van der Waals surface area contributed by atoms with Gasteiger partial charge in [0.1, 0.15) is 11.6 Å². The number of methoxy groups -OCH3 is 1. The molecule has 0 aromatic heterocycles. The fourth-order valence-electron chi connectivity index (χ4n) is 4.39. The van der Waals surface area contributed by atoms with Crippen molar-refractivity contribution in [1.82, 2.24) is 4.90 Å². The second-order valence-corrected chi connectivity index (χ2v) is 8.89. The van der Waals surface area contributed by atoms with E-state index in [-0.39, 0.29) is 17.2 Å². The first kappa shape index (κ1) is 24.3. The number of hydrogen-bond acceptors (Lipinski definition) is 4. The molecule has 1 N–H and O–H groups in total. The van der Waals surface area contributed by atoms with Crippen LogP contribution in [-0.2, 0) is 5.41 Å². The van der Waals surface area contributed by atoms with Gasteiger partial charge in [-0.25, -0.2) is 4.39 Å². The van der Waals surface area contributed by atoms with Crippen LogP contribution in [0.4, 0.5) is 17.6 Å². The van der Waals surface area contributed by atoms with Gasteiger partial charge in [0, 0.05) is 29.5 Å². The second-order valence-electron chi connectivity index (χ2n) is 8.72. The minimum Gasteiger partial charge on any atom is -0.496 e. The van der Waals surface area contributed by atoms with Crippen molar-refractivity contribution in [1.29, 1.82) is 0 Å². The number of rotatable bonds is 6. The highest BCUT2D eigenvalue weighted by atomic mass is 35.5. The molecule has 0 saturated carbocycles. The van der Waals surface area contributed by atoms with Crippen LogP contribution in [0.15, 0.2) is 59.3 Å². The zero-order valence-corrected chi connectivity index (χ0v) is 18.7. The molecule has 9 heteroatoms. The average molecular weight is 473 g/mol. The molecule has 32 heavy (non-hydrogen) atoms. The Morgan fingerprint density at radius 2 is 1.88 bits per heavy atom. The molecule has 174 valence electrons. The van der Waals surface area contributed by atoms with Crippen molar-refractivity contribution < 1.29 is 27.4 Å². The number of ether oxygens (including phenoxy) is 1. The van der Waals surface area contributed by atoms with E-state index >= 15 is 0 Å². The molecule has 2 aliphatic rings. The SMILES string of the molecule is COc1ccc(F)cc1C(C)(C)CC(O)(CN1C=CC(=NCl)C2C=CC=CC21)C(F)(F)F. The van der Waals surface area contributed by atoms with E-state index in [0.29, 0.717) is 5.71 Å². The molecule has 0 amide bonds.